The van der Waals surface area contributed by atoms with E-state index in [9.17, 15) is 4.79 Å². The Morgan fingerprint density at radius 1 is 1.04 bits per heavy atom. The summed E-state index contributed by atoms with van der Waals surface area (Å²) >= 11 is 0. The van der Waals surface area contributed by atoms with E-state index in [1.54, 1.807) is 0 Å². The molecule has 0 amide bonds. The average molecular weight is 362 g/mol. The number of carbonyl (C=O) groups excluding carboxylic acids is 1. The maximum Gasteiger partial charge on any atom is 0.306 e. The molecule has 0 aliphatic carbocycles. The van der Waals surface area contributed by atoms with Crippen LogP contribution in [0.25, 0.3) is 22.4 Å². The Morgan fingerprint density at radius 2 is 1.85 bits per heavy atom. The highest BCUT2D eigenvalue weighted by Crippen LogP contribution is 2.20. The van der Waals surface area contributed by atoms with Crippen LogP contribution in [0.3, 0.4) is 0 Å². The lowest BCUT2D eigenvalue weighted by Gasteiger charge is -2.01. The zero-order valence-electron chi connectivity index (χ0n) is 14.8. The first kappa shape index (κ1) is 17.0. The number of ether oxygens (including phenoxy) is 1. The highest BCUT2D eigenvalue weighted by atomic mass is 16.5. The van der Waals surface area contributed by atoms with Crippen molar-refractivity contribution in [1.29, 1.82) is 0 Å². The maximum atomic E-state index is 12.0. The smallest absolute Gasteiger partial charge is 0.306 e. The van der Waals surface area contributed by atoms with E-state index in [0.29, 0.717) is 24.0 Å². The predicted octanol–water partition coefficient (Wildman–Crippen LogP) is 4.47. The van der Waals surface area contributed by atoms with Gasteiger partial charge in [0.05, 0.1) is 6.42 Å². The first-order chi connectivity index (χ1) is 13.2. The van der Waals surface area contributed by atoms with Crippen LogP contribution in [-0.2, 0) is 22.6 Å². The number of benzene rings is 2. The van der Waals surface area contributed by atoms with Gasteiger partial charge < -0.3 is 13.6 Å². The highest BCUT2D eigenvalue weighted by molar-refractivity contribution is 5.77. The van der Waals surface area contributed by atoms with Gasteiger partial charge in [-0.25, -0.2) is 0 Å². The van der Waals surface area contributed by atoms with Crippen LogP contribution in [0, 0.1) is 6.92 Å². The lowest BCUT2D eigenvalue weighted by molar-refractivity contribution is -0.145. The van der Waals surface area contributed by atoms with Crippen LogP contribution in [0.5, 0.6) is 0 Å². The molecular weight excluding hydrogens is 344 g/mol. The Hall–Kier alpha value is -3.41. The second-order valence-corrected chi connectivity index (χ2v) is 6.28. The van der Waals surface area contributed by atoms with Gasteiger partial charge in [-0.15, -0.1) is 10.2 Å². The molecule has 4 rings (SSSR count). The zero-order valence-corrected chi connectivity index (χ0v) is 14.8. The summed E-state index contributed by atoms with van der Waals surface area (Å²) in [5, 5.41) is 9.00. The average Bonchev–Trinajstić information content (AvgIpc) is 3.32. The molecule has 27 heavy (non-hydrogen) atoms. The molecule has 0 N–H and O–H groups in total. The molecule has 0 fully saturated rings. The normalized spacial score (nSPS) is 11.0. The number of aryl methyl sites for hydroxylation is 2. The molecule has 136 valence electrons. The van der Waals surface area contributed by atoms with Crippen molar-refractivity contribution in [2.24, 2.45) is 0 Å². The summed E-state index contributed by atoms with van der Waals surface area (Å²) in [6.45, 7) is 2.12. The number of rotatable bonds is 6. The number of para-hydroxylation sites is 1. The van der Waals surface area contributed by atoms with Crippen LogP contribution in [0.15, 0.2) is 63.4 Å². The van der Waals surface area contributed by atoms with E-state index >= 15 is 0 Å². The lowest BCUT2D eigenvalue weighted by atomic mass is 10.1. The van der Waals surface area contributed by atoms with Gasteiger partial charge in [0.25, 0.3) is 0 Å². The minimum absolute atomic E-state index is 0.103. The van der Waals surface area contributed by atoms with Gasteiger partial charge in [-0.1, -0.05) is 35.9 Å². The molecule has 0 saturated heterocycles. The van der Waals surface area contributed by atoms with Gasteiger partial charge in [-0.05, 0) is 31.2 Å². The van der Waals surface area contributed by atoms with Crippen LogP contribution >= 0.6 is 0 Å². The van der Waals surface area contributed by atoms with Gasteiger partial charge in [0.15, 0.2) is 0 Å². The summed E-state index contributed by atoms with van der Waals surface area (Å²) in [6, 6.07) is 17.3. The van der Waals surface area contributed by atoms with Crippen LogP contribution in [-0.4, -0.2) is 16.2 Å². The molecule has 6 nitrogen and oxygen atoms in total. The first-order valence-electron chi connectivity index (χ1n) is 8.70. The first-order valence-corrected chi connectivity index (χ1v) is 8.70. The quantitative estimate of drug-likeness (QED) is 0.471. The fraction of sp³-hybridized carbons (Fsp3) is 0.190. The second-order valence-electron chi connectivity index (χ2n) is 6.28. The van der Waals surface area contributed by atoms with E-state index in [1.807, 2.05) is 61.5 Å². The number of hydrogen-bond acceptors (Lipinski definition) is 6. The van der Waals surface area contributed by atoms with E-state index in [0.717, 1.165) is 22.1 Å². The molecule has 0 aliphatic rings. The molecule has 2 heterocycles. The van der Waals surface area contributed by atoms with Crippen LogP contribution < -0.4 is 0 Å². The third kappa shape index (κ3) is 4.06. The second kappa shape index (κ2) is 7.45. The van der Waals surface area contributed by atoms with E-state index in [4.69, 9.17) is 13.6 Å². The molecule has 2 aromatic carbocycles. The Balaban J connectivity index is 1.29. The van der Waals surface area contributed by atoms with Gasteiger partial charge in [-0.3, -0.25) is 4.79 Å². The molecule has 0 bridgehead atoms. The van der Waals surface area contributed by atoms with Crippen molar-refractivity contribution in [1.82, 2.24) is 10.2 Å². The van der Waals surface area contributed by atoms with Gasteiger partial charge >= 0.3 is 5.97 Å². The van der Waals surface area contributed by atoms with Gasteiger partial charge in [0.2, 0.25) is 11.8 Å². The molecule has 0 saturated carbocycles. The molecular formula is C21H18N2O4. The number of esters is 1. The topological polar surface area (TPSA) is 78.4 Å². The summed E-state index contributed by atoms with van der Waals surface area (Å²) in [6.07, 6.45) is 0.494. The van der Waals surface area contributed by atoms with Gasteiger partial charge in [0, 0.05) is 17.4 Å². The molecule has 4 aromatic rings. The van der Waals surface area contributed by atoms with Crippen molar-refractivity contribution in [3.8, 4) is 11.5 Å². The summed E-state index contributed by atoms with van der Waals surface area (Å²) in [4.78, 5) is 12.0. The predicted molar refractivity (Wildman–Crippen MR) is 98.8 cm³/mol. The summed E-state index contributed by atoms with van der Waals surface area (Å²) < 4.78 is 16.5. The fourth-order valence-electron chi connectivity index (χ4n) is 2.71. The number of nitrogens with zero attached hydrogens (tertiary/aromatic N) is 2. The number of aromatic nitrogens is 2. The minimum Gasteiger partial charge on any atom is -0.457 e. The van der Waals surface area contributed by atoms with E-state index < -0.39 is 0 Å². The number of furan rings is 1. The molecule has 0 aliphatic heterocycles. The molecule has 2 aromatic heterocycles. The van der Waals surface area contributed by atoms with Crippen molar-refractivity contribution < 1.29 is 18.4 Å². The number of fused-ring (bicyclic) bond motifs is 1. The van der Waals surface area contributed by atoms with Gasteiger partial charge in [0.1, 0.15) is 18.0 Å². The minimum atomic E-state index is -0.342. The van der Waals surface area contributed by atoms with Crippen molar-refractivity contribution in [3.63, 3.8) is 0 Å². The van der Waals surface area contributed by atoms with Crippen molar-refractivity contribution in [2.45, 2.75) is 26.4 Å². The third-order valence-electron chi connectivity index (χ3n) is 4.16. The Kier molecular flexibility index (Phi) is 4.70. The Labute approximate surface area is 155 Å². The lowest BCUT2D eigenvalue weighted by Crippen LogP contribution is -2.05. The van der Waals surface area contributed by atoms with Crippen LogP contribution in [0.1, 0.15) is 23.6 Å². The standard InChI is InChI=1S/C21H18N2O4/c1-14-6-8-15(9-7-14)21-23-22-19(27-21)10-11-20(24)25-13-17-12-16-4-2-3-5-18(16)26-17/h2-9,12H,10-11,13H2,1H3. The summed E-state index contributed by atoms with van der Waals surface area (Å²) in [5.74, 6) is 1.13. The molecule has 0 atom stereocenters. The Morgan fingerprint density at radius 3 is 2.67 bits per heavy atom. The molecule has 6 heteroatoms. The van der Waals surface area contributed by atoms with Crippen LogP contribution in [0.2, 0.25) is 0 Å². The highest BCUT2D eigenvalue weighted by Gasteiger charge is 2.12. The van der Waals surface area contributed by atoms with Crippen LogP contribution in [0.4, 0.5) is 0 Å². The van der Waals surface area contributed by atoms with E-state index in [1.165, 1.54) is 0 Å². The largest absolute Gasteiger partial charge is 0.457 e. The fourth-order valence-corrected chi connectivity index (χ4v) is 2.71. The molecule has 0 unspecified atom stereocenters. The Bertz CT molecular complexity index is 1030. The molecule has 0 spiro atoms. The number of carbonyl (C=O) groups is 1. The molecule has 0 radical (unpaired) electrons. The summed E-state index contributed by atoms with van der Waals surface area (Å²) in [5.41, 5.74) is 2.79. The van der Waals surface area contributed by atoms with Crippen molar-refractivity contribution >= 4 is 16.9 Å². The van der Waals surface area contributed by atoms with Gasteiger partial charge in [-0.2, -0.15) is 0 Å². The number of hydrogen-bond donors (Lipinski definition) is 0. The van der Waals surface area contributed by atoms with E-state index in [-0.39, 0.29) is 19.0 Å². The zero-order chi connectivity index (χ0) is 18.6. The van der Waals surface area contributed by atoms with E-state index in [2.05, 4.69) is 10.2 Å². The monoisotopic (exact) mass is 362 g/mol. The third-order valence-corrected chi connectivity index (χ3v) is 4.16. The van der Waals surface area contributed by atoms with Crippen molar-refractivity contribution in [2.75, 3.05) is 0 Å². The maximum absolute atomic E-state index is 12.0. The van der Waals surface area contributed by atoms with Crippen molar-refractivity contribution in [3.05, 3.63) is 71.8 Å². The summed E-state index contributed by atoms with van der Waals surface area (Å²) in [7, 11) is 0. The SMILES string of the molecule is Cc1ccc(-c2nnc(CCC(=O)OCc3cc4ccccc4o3)o2)cc1.